The molecule has 2 amide bonds. The highest BCUT2D eigenvalue weighted by atomic mass is 16.2. The van der Waals surface area contributed by atoms with Gasteiger partial charge < -0.3 is 15.6 Å². The Bertz CT molecular complexity index is 881. The Balaban J connectivity index is 1.55. The number of rotatable bonds is 6. The molecule has 128 valence electrons. The van der Waals surface area contributed by atoms with Crippen molar-refractivity contribution in [2.45, 2.75) is 19.3 Å². The van der Waals surface area contributed by atoms with Crippen LogP contribution in [0.3, 0.4) is 0 Å². The topological polar surface area (TPSA) is 74.0 Å². The highest BCUT2D eigenvalue weighted by Gasteiger charge is 2.07. The average molecular weight is 335 g/mol. The first-order valence-electron chi connectivity index (χ1n) is 8.30. The number of hydrogen-bond donors (Lipinski definition) is 3. The molecule has 3 aromatic rings. The summed E-state index contributed by atoms with van der Waals surface area (Å²) in [5.74, 6) is -0.0557. The Hall–Kier alpha value is -3.08. The first-order chi connectivity index (χ1) is 12.2. The molecule has 0 saturated heterocycles. The van der Waals surface area contributed by atoms with E-state index in [0.29, 0.717) is 19.3 Å². The van der Waals surface area contributed by atoms with E-state index in [0.717, 1.165) is 27.7 Å². The number of aromatic nitrogens is 1. The summed E-state index contributed by atoms with van der Waals surface area (Å²) in [5.41, 5.74) is 3.89. The highest BCUT2D eigenvalue weighted by Crippen LogP contribution is 2.19. The van der Waals surface area contributed by atoms with Crippen molar-refractivity contribution < 1.29 is 9.59 Å². The number of benzene rings is 2. The number of anilines is 1. The second kappa shape index (κ2) is 7.66. The molecule has 3 rings (SSSR count). The summed E-state index contributed by atoms with van der Waals surface area (Å²) in [6, 6.07) is 15.4. The number of fused-ring (bicyclic) bond motifs is 1. The third-order valence-corrected chi connectivity index (χ3v) is 4.18. The lowest BCUT2D eigenvalue weighted by Crippen LogP contribution is -2.19. The van der Waals surface area contributed by atoms with Gasteiger partial charge in [0.1, 0.15) is 0 Å². The van der Waals surface area contributed by atoms with Crippen LogP contribution in [0, 0.1) is 0 Å². The normalized spacial score (nSPS) is 10.6. The molecule has 25 heavy (non-hydrogen) atoms. The van der Waals surface area contributed by atoms with Crippen molar-refractivity contribution in [3.63, 3.8) is 0 Å². The molecule has 5 nitrogen and oxygen atoms in total. The number of H-pyrrole nitrogens is 1. The minimum absolute atomic E-state index is 0.0238. The van der Waals surface area contributed by atoms with E-state index in [1.165, 1.54) is 0 Å². The fourth-order valence-corrected chi connectivity index (χ4v) is 2.79. The lowest BCUT2D eigenvalue weighted by molar-refractivity contribution is -0.120. The SMILES string of the molecule is CNC(=O)Cc1ccc(NC(=O)CCc2c[nH]c3ccccc23)cc1. The number of carbonyl (C=O) groups is 2. The number of amides is 2. The molecule has 0 fully saturated rings. The molecule has 0 radical (unpaired) electrons. The molecule has 0 spiro atoms. The first-order valence-corrected chi connectivity index (χ1v) is 8.30. The zero-order chi connectivity index (χ0) is 17.6. The predicted molar refractivity (Wildman–Crippen MR) is 99.5 cm³/mol. The maximum atomic E-state index is 12.2. The van der Waals surface area contributed by atoms with Gasteiger partial charge in [-0.05, 0) is 35.7 Å². The van der Waals surface area contributed by atoms with E-state index in [1.54, 1.807) is 7.05 Å². The summed E-state index contributed by atoms with van der Waals surface area (Å²) in [6.07, 6.45) is 3.41. The smallest absolute Gasteiger partial charge is 0.224 e. The van der Waals surface area contributed by atoms with Crippen molar-refractivity contribution in [2.75, 3.05) is 12.4 Å². The molecule has 0 bridgehead atoms. The van der Waals surface area contributed by atoms with Gasteiger partial charge in [-0.3, -0.25) is 9.59 Å². The van der Waals surface area contributed by atoms with Gasteiger partial charge in [0, 0.05) is 36.3 Å². The van der Waals surface area contributed by atoms with E-state index in [1.807, 2.05) is 48.7 Å². The van der Waals surface area contributed by atoms with E-state index in [2.05, 4.69) is 21.7 Å². The van der Waals surface area contributed by atoms with Crippen LogP contribution in [0.5, 0.6) is 0 Å². The van der Waals surface area contributed by atoms with E-state index < -0.39 is 0 Å². The van der Waals surface area contributed by atoms with Gasteiger partial charge in [-0.2, -0.15) is 0 Å². The van der Waals surface area contributed by atoms with Crippen molar-refractivity contribution in [1.82, 2.24) is 10.3 Å². The van der Waals surface area contributed by atoms with E-state index in [4.69, 9.17) is 0 Å². The summed E-state index contributed by atoms with van der Waals surface area (Å²) in [5, 5.41) is 6.65. The largest absolute Gasteiger partial charge is 0.361 e. The van der Waals surface area contributed by atoms with Gasteiger partial charge in [-0.25, -0.2) is 0 Å². The fraction of sp³-hybridized carbons (Fsp3) is 0.200. The summed E-state index contributed by atoms with van der Waals surface area (Å²) in [4.78, 5) is 26.7. The number of para-hydroxylation sites is 1. The predicted octanol–water partition coefficient (Wildman–Crippen LogP) is 3.03. The minimum Gasteiger partial charge on any atom is -0.361 e. The van der Waals surface area contributed by atoms with Gasteiger partial charge in [-0.1, -0.05) is 30.3 Å². The number of carbonyl (C=O) groups excluding carboxylic acids is 2. The quantitative estimate of drug-likeness (QED) is 0.648. The van der Waals surface area contributed by atoms with Gasteiger partial charge in [-0.15, -0.1) is 0 Å². The summed E-state index contributed by atoms with van der Waals surface area (Å²) >= 11 is 0. The maximum Gasteiger partial charge on any atom is 0.224 e. The monoisotopic (exact) mass is 335 g/mol. The Morgan fingerprint density at radius 2 is 1.76 bits per heavy atom. The Labute approximate surface area is 146 Å². The zero-order valence-electron chi connectivity index (χ0n) is 14.1. The molecule has 2 aromatic carbocycles. The first kappa shape index (κ1) is 16.8. The second-order valence-corrected chi connectivity index (χ2v) is 5.95. The van der Waals surface area contributed by atoms with Crippen molar-refractivity contribution in [1.29, 1.82) is 0 Å². The summed E-state index contributed by atoms with van der Waals surface area (Å²) in [7, 11) is 1.62. The van der Waals surface area contributed by atoms with Crippen molar-refractivity contribution in [2.24, 2.45) is 0 Å². The Morgan fingerprint density at radius 1 is 1.00 bits per heavy atom. The van der Waals surface area contributed by atoms with Crippen molar-refractivity contribution >= 4 is 28.4 Å². The van der Waals surface area contributed by atoms with Crippen LogP contribution in [0.4, 0.5) is 5.69 Å². The van der Waals surface area contributed by atoms with E-state index in [9.17, 15) is 9.59 Å². The minimum atomic E-state index is -0.0319. The molecule has 0 saturated carbocycles. The molecule has 0 aliphatic rings. The molecular weight excluding hydrogens is 314 g/mol. The Kier molecular flexibility index (Phi) is 5.14. The molecule has 0 aliphatic carbocycles. The van der Waals surface area contributed by atoms with Crippen LogP contribution in [0.25, 0.3) is 10.9 Å². The molecular formula is C20H21N3O2. The van der Waals surface area contributed by atoms with Gasteiger partial charge in [0.05, 0.1) is 6.42 Å². The van der Waals surface area contributed by atoms with Crippen LogP contribution in [0.1, 0.15) is 17.5 Å². The van der Waals surface area contributed by atoms with E-state index >= 15 is 0 Å². The molecule has 3 N–H and O–H groups in total. The number of likely N-dealkylation sites (N-methyl/N-ethyl adjacent to an activating group) is 1. The molecule has 1 aromatic heterocycles. The third-order valence-electron chi connectivity index (χ3n) is 4.18. The number of aryl methyl sites for hydroxylation is 1. The molecule has 0 atom stereocenters. The molecule has 0 aliphatic heterocycles. The standard InChI is InChI=1S/C20H21N3O2/c1-21-20(25)12-14-6-9-16(10-7-14)23-19(24)11-8-15-13-22-18-5-3-2-4-17(15)18/h2-7,9-10,13,22H,8,11-12H2,1H3,(H,21,25)(H,23,24). The van der Waals surface area contributed by atoms with Crippen LogP contribution in [-0.4, -0.2) is 23.8 Å². The lowest BCUT2D eigenvalue weighted by Gasteiger charge is -2.06. The van der Waals surface area contributed by atoms with Crippen LogP contribution < -0.4 is 10.6 Å². The molecule has 1 heterocycles. The summed E-state index contributed by atoms with van der Waals surface area (Å²) < 4.78 is 0. The van der Waals surface area contributed by atoms with E-state index in [-0.39, 0.29) is 11.8 Å². The number of nitrogens with one attached hydrogen (secondary N) is 3. The van der Waals surface area contributed by atoms with Crippen LogP contribution in [0.2, 0.25) is 0 Å². The van der Waals surface area contributed by atoms with Gasteiger partial charge in [0.25, 0.3) is 0 Å². The zero-order valence-corrected chi connectivity index (χ0v) is 14.1. The molecule has 5 heteroatoms. The van der Waals surface area contributed by atoms with Crippen LogP contribution in [0.15, 0.2) is 54.7 Å². The maximum absolute atomic E-state index is 12.2. The Morgan fingerprint density at radius 3 is 2.52 bits per heavy atom. The van der Waals surface area contributed by atoms with Crippen molar-refractivity contribution in [3.05, 3.63) is 65.9 Å². The number of aromatic amines is 1. The molecule has 0 unspecified atom stereocenters. The second-order valence-electron chi connectivity index (χ2n) is 5.95. The third kappa shape index (κ3) is 4.26. The van der Waals surface area contributed by atoms with Gasteiger partial charge in [0.15, 0.2) is 0 Å². The van der Waals surface area contributed by atoms with Gasteiger partial charge in [0.2, 0.25) is 11.8 Å². The average Bonchev–Trinajstić information content (AvgIpc) is 3.05. The summed E-state index contributed by atoms with van der Waals surface area (Å²) in [6.45, 7) is 0. The van der Waals surface area contributed by atoms with Crippen molar-refractivity contribution in [3.8, 4) is 0 Å². The van der Waals surface area contributed by atoms with Gasteiger partial charge >= 0.3 is 0 Å². The fourth-order valence-electron chi connectivity index (χ4n) is 2.79. The van der Waals surface area contributed by atoms with Crippen LogP contribution >= 0.6 is 0 Å². The van der Waals surface area contributed by atoms with Crippen LogP contribution in [-0.2, 0) is 22.4 Å². The number of hydrogen-bond acceptors (Lipinski definition) is 2. The highest BCUT2D eigenvalue weighted by molar-refractivity contribution is 5.91. The lowest BCUT2D eigenvalue weighted by atomic mass is 10.1.